The van der Waals surface area contributed by atoms with E-state index in [1.807, 2.05) is 0 Å². The number of fused-ring (bicyclic) bond motifs is 2. The summed E-state index contributed by atoms with van der Waals surface area (Å²) in [5.41, 5.74) is -2.18. The highest BCUT2D eigenvalue weighted by molar-refractivity contribution is 5.93. The van der Waals surface area contributed by atoms with Crippen LogP contribution in [0.2, 0.25) is 0 Å². The maximum Gasteiger partial charge on any atom is 0.292 e. The molecule has 13 heteroatoms. The number of aliphatic hydroxyl groups is 1. The molecule has 1 atom stereocenters. The average Bonchev–Trinajstić information content (AvgIpc) is 3.49. The molecule has 5 rings (SSSR count). The molecule has 0 spiro atoms. The molecule has 1 amide bonds. The molecule has 1 aliphatic rings. The van der Waals surface area contributed by atoms with Gasteiger partial charge in [-0.05, 0) is 13.8 Å². The lowest BCUT2D eigenvalue weighted by Gasteiger charge is -2.32. The minimum atomic E-state index is -3.16. The van der Waals surface area contributed by atoms with Crippen LogP contribution in [0.4, 0.5) is 17.6 Å². The van der Waals surface area contributed by atoms with Crippen molar-refractivity contribution in [3.63, 3.8) is 0 Å². The van der Waals surface area contributed by atoms with Gasteiger partial charge in [0.05, 0.1) is 12.0 Å². The number of rotatable bonds is 4. The van der Waals surface area contributed by atoms with Crippen molar-refractivity contribution in [2.75, 3.05) is 6.54 Å². The number of amides is 1. The van der Waals surface area contributed by atoms with Gasteiger partial charge >= 0.3 is 0 Å². The number of alkyl halides is 2. The van der Waals surface area contributed by atoms with Gasteiger partial charge in [-0.2, -0.15) is 0 Å². The number of aromatic amines is 1. The largest absolute Gasteiger partial charge is 0.435 e. The summed E-state index contributed by atoms with van der Waals surface area (Å²) in [6.07, 6.45) is -1.50. The Bertz CT molecular complexity index is 1400. The minimum absolute atomic E-state index is 0.00942. The number of benzene rings is 1. The van der Waals surface area contributed by atoms with Crippen molar-refractivity contribution >= 4 is 17.0 Å². The van der Waals surface area contributed by atoms with E-state index in [1.54, 1.807) is 0 Å². The molecule has 0 aliphatic carbocycles. The molecule has 0 bridgehead atoms. The summed E-state index contributed by atoms with van der Waals surface area (Å²) >= 11 is 0. The number of hydrogen-bond donors (Lipinski definition) is 2. The van der Waals surface area contributed by atoms with Crippen molar-refractivity contribution in [1.29, 1.82) is 0 Å². The van der Waals surface area contributed by atoms with Crippen LogP contribution in [0.15, 0.2) is 27.3 Å². The fourth-order valence-electron chi connectivity index (χ4n) is 3.86. The standard InChI is InChI=1S/C21H17F4N5O4/c1-21(2,32)20-29-13(17(24)25)16(34-20)19(31)30-4-3-10-12(27-7-26-10)14(30)18-28-11-6-8(22)5-9(23)15(11)33-18/h5-7,14,17,32H,3-4H2,1-2H3,(H,26,27)/t14-/m0/s1. The molecule has 1 aliphatic heterocycles. The van der Waals surface area contributed by atoms with E-state index in [4.69, 9.17) is 8.83 Å². The van der Waals surface area contributed by atoms with Crippen LogP contribution in [0.3, 0.4) is 0 Å². The second-order valence-electron chi connectivity index (χ2n) is 8.30. The lowest BCUT2D eigenvalue weighted by molar-refractivity contribution is 0.0436. The number of carbonyl (C=O) groups is 1. The smallest absolute Gasteiger partial charge is 0.292 e. The number of H-pyrrole nitrogens is 1. The second-order valence-corrected chi connectivity index (χ2v) is 8.30. The lowest BCUT2D eigenvalue weighted by atomic mass is 10.0. The van der Waals surface area contributed by atoms with Crippen LogP contribution < -0.4 is 0 Å². The van der Waals surface area contributed by atoms with Gasteiger partial charge in [0.2, 0.25) is 17.5 Å². The molecule has 0 saturated carbocycles. The molecular formula is C21H17F4N5O4. The molecule has 0 fully saturated rings. The Hall–Kier alpha value is -3.74. The van der Waals surface area contributed by atoms with Crippen LogP contribution in [-0.2, 0) is 12.0 Å². The molecule has 3 aromatic heterocycles. The molecule has 1 aromatic carbocycles. The van der Waals surface area contributed by atoms with E-state index >= 15 is 0 Å². The van der Waals surface area contributed by atoms with E-state index in [2.05, 4.69) is 19.9 Å². The maximum atomic E-state index is 14.2. The van der Waals surface area contributed by atoms with Gasteiger partial charge in [-0.1, -0.05) is 0 Å². The van der Waals surface area contributed by atoms with Crippen molar-refractivity contribution in [2.24, 2.45) is 0 Å². The van der Waals surface area contributed by atoms with Crippen LogP contribution in [0.1, 0.15) is 65.7 Å². The zero-order valence-electron chi connectivity index (χ0n) is 17.8. The van der Waals surface area contributed by atoms with E-state index < -0.39 is 53.0 Å². The molecule has 34 heavy (non-hydrogen) atoms. The Balaban J connectivity index is 1.64. The van der Waals surface area contributed by atoms with Gasteiger partial charge in [0, 0.05) is 30.8 Å². The van der Waals surface area contributed by atoms with Gasteiger partial charge in [-0.15, -0.1) is 0 Å². The van der Waals surface area contributed by atoms with Gasteiger partial charge < -0.3 is 23.8 Å². The highest BCUT2D eigenvalue weighted by Gasteiger charge is 2.42. The molecule has 9 nitrogen and oxygen atoms in total. The summed E-state index contributed by atoms with van der Waals surface area (Å²) in [6, 6.07) is 0.439. The zero-order chi connectivity index (χ0) is 24.4. The van der Waals surface area contributed by atoms with Crippen LogP contribution in [0, 0.1) is 11.6 Å². The minimum Gasteiger partial charge on any atom is -0.435 e. The molecule has 2 N–H and O–H groups in total. The summed E-state index contributed by atoms with van der Waals surface area (Å²) in [6.45, 7) is 2.55. The number of hydrogen-bond acceptors (Lipinski definition) is 7. The van der Waals surface area contributed by atoms with Crippen LogP contribution in [-0.4, -0.2) is 42.4 Å². The normalized spacial score (nSPS) is 16.5. The van der Waals surface area contributed by atoms with Gasteiger partial charge in [-0.3, -0.25) is 4.79 Å². The predicted octanol–water partition coefficient (Wildman–Crippen LogP) is 3.77. The number of carbonyl (C=O) groups excluding carboxylic acids is 1. The first-order valence-corrected chi connectivity index (χ1v) is 10.1. The summed E-state index contributed by atoms with van der Waals surface area (Å²) < 4.78 is 66.1. The predicted molar refractivity (Wildman–Crippen MR) is 106 cm³/mol. The average molecular weight is 479 g/mol. The number of halogens is 4. The lowest BCUT2D eigenvalue weighted by Crippen LogP contribution is -2.41. The van der Waals surface area contributed by atoms with Crippen molar-refractivity contribution in [1.82, 2.24) is 24.8 Å². The van der Waals surface area contributed by atoms with Crippen LogP contribution in [0.25, 0.3) is 11.1 Å². The first-order valence-electron chi connectivity index (χ1n) is 10.1. The van der Waals surface area contributed by atoms with Gasteiger partial charge in [-0.25, -0.2) is 32.5 Å². The molecule has 0 radical (unpaired) electrons. The van der Waals surface area contributed by atoms with Crippen LogP contribution in [0.5, 0.6) is 0 Å². The Labute approximate surface area is 188 Å². The summed E-state index contributed by atoms with van der Waals surface area (Å²) in [5, 5.41) is 10.1. The maximum absolute atomic E-state index is 14.2. The quantitative estimate of drug-likeness (QED) is 0.428. The van der Waals surface area contributed by atoms with Crippen molar-refractivity contribution in [3.05, 3.63) is 64.7 Å². The van der Waals surface area contributed by atoms with E-state index in [-0.39, 0.29) is 30.0 Å². The second kappa shape index (κ2) is 7.65. The number of imidazole rings is 1. The third-order valence-electron chi connectivity index (χ3n) is 5.42. The zero-order valence-corrected chi connectivity index (χ0v) is 17.8. The summed E-state index contributed by atoms with van der Waals surface area (Å²) in [7, 11) is 0. The Kier molecular flexibility index (Phi) is 4.97. The van der Waals surface area contributed by atoms with Crippen LogP contribution >= 0.6 is 0 Å². The summed E-state index contributed by atoms with van der Waals surface area (Å²) in [5.74, 6) is -4.25. The molecule has 0 saturated heterocycles. The molecule has 4 aromatic rings. The van der Waals surface area contributed by atoms with Crippen molar-refractivity contribution in [3.8, 4) is 0 Å². The number of oxazole rings is 2. The fourth-order valence-corrected chi connectivity index (χ4v) is 3.86. The van der Waals surface area contributed by atoms with Crippen molar-refractivity contribution < 1.29 is 36.3 Å². The highest BCUT2D eigenvalue weighted by Crippen LogP contribution is 2.38. The monoisotopic (exact) mass is 479 g/mol. The number of nitrogens with one attached hydrogen (secondary N) is 1. The third kappa shape index (κ3) is 3.52. The fraction of sp³-hybridized carbons (Fsp3) is 0.333. The van der Waals surface area contributed by atoms with E-state index in [0.717, 1.165) is 11.0 Å². The van der Waals surface area contributed by atoms with E-state index in [9.17, 15) is 27.5 Å². The number of nitrogens with zero attached hydrogens (tertiary/aromatic N) is 4. The first kappa shape index (κ1) is 22.1. The molecule has 4 heterocycles. The topological polar surface area (TPSA) is 121 Å². The van der Waals surface area contributed by atoms with E-state index in [0.29, 0.717) is 17.5 Å². The third-order valence-corrected chi connectivity index (χ3v) is 5.42. The Morgan fingerprint density at radius 2 is 2.03 bits per heavy atom. The van der Waals surface area contributed by atoms with E-state index in [1.165, 1.54) is 20.2 Å². The number of aromatic nitrogens is 4. The molecule has 0 unspecified atom stereocenters. The Morgan fingerprint density at radius 1 is 1.26 bits per heavy atom. The molecular weight excluding hydrogens is 462 g/mol. The molecule has 178 valence electrons. The highest BCUT2D eigenvalue weighted by atomic mass is 19.3. The summed E-state index contributed by atoms with van der Waals surface area (Å²) in [4.78, 5) is 29.5. The van der Waals surface area contributed by atoms with Gasteiger partial charge in [0.15, 0.2) is 23.1 Å². The Morgan fingerprint density at radius 3 is 2.74 bits per heavy atom. The van der Waals surface area contributed by atoms with Gasteiger partial charge in [0.25, 0.3) is 12.3 Å². The van der Waals surface area contributed by atoms with Crippen molar-refractivity contribution in [2.45, 2.75) is 38.3 Å². The SMILES string of the molecule is CC(C)(O)c1nc(C(F)F)c(C(=O)N2CCc3[nH]cnc3[C@H]2c2nc3cc(F)cc(F)c3o2)o1. The van der Waals surface area contributed by atoms with Gasteiger partial charge in [0.1, 0.15) is 16.9 Å². The first-order chi connectivity index (χ1) is 16.0.